The number of rotatable bonds is 8. The summed E-state index contributed by atoms with van der Waals surface area (Å²) < 4.78 is 5.64. The van der Waals surface area contributed by atoms with Crippen molar-refractivity contribution in [2.24, 2.45) is 0 Å². The fourth-order valence-corrected chi connectivity index (χ4v) is 3.11. The van der Waals surface area contributed by atoms with Gasteiger partial charge in [0.15, 0.2) is 0 Å². The summed E-state index contributed by atoms with van der Waals surface area (Å²) in [6.07, 6.45) is 3.58. The molecule has 0 heterocycles. The first-order valence-corrected chi connectivity index (χ1v) is 9.28. The molecule has 0 atom stereocenters. The van der Waals surface area contributed by atoms with E-state index < -0.39 is 0 Å². The van der Waals surface area contributed by atoms with Crippen LogP contribution in [-0.4, -0.2) is 19.1 Å². The van der Waals surface area contributed by atoms with Crippen LogP contribution in [0.5, 0.6) is 5.75 Å². The van der Waals surface area contributed by atoms with Crippen LogP contribution in [0.15, 0.2) is 48.5 Å². The molecule has 1 saturated carbocycles. The van der Waals surface area contributed by atoms with E-state index in [1.54, 1.807) is 0 Å². The molecule has 1 amide bonds. The van der Waals surface area contributed by atoms with Gasteiger partial charge in [0.25, 0.3) is 0 Å². The lowest BCUT2D eigenvalue weighted by atomic mass is 9.95. The molecule has 0 aromatic heterocycles. The van der Waals surface area contributed by atoms with Gasteiger partial charge in [-0.05, 0) is 67.6 Å². The average Bonchev–Trinajstić information content (AvgIpc) is 3.42. The Kier molecular flexibility index (Phi) is 5.87. The Hall–Kier alpha value is -1.71. The highest BCUT2D eigenvalue weighted by Gasteiger charge is 2.50. The van der Waals surface area contributed by atoms with Gasteiger partial charge in [0, 0.05) is 16.6 Å². The number of hydrogen-bond donors (Lipinski definition) is 1. The van der Waals surface area contributed by atoms with Crippen LogP contribution in [0.25, 0.3) is 0 Å². The fourth-order valence-electron chi connectivity index (χ4n) is 2.86. The molecule has 3 rings (SSSR count). The molecule has 0 spiro atoms. The van der Waals surface area contributed by atoms with E-state index in [2.05, 4.69) is 5.32 Å². The van der Waals surface area contributed by atoms with Gasteiger partial charge in [0.1, 0.15) is 5.75 Å². The number of carbonyl (C=O) groups is 1. The third-order valence-corrected chi connectivity index (χ3v) is 5.02. The summed E-state index contributed by atoms with van der Waals surface area (Å²) >= 11 is 11.8. The fraction of sp³-hybridized carbons (Fsp3) is 0.350. The molecule has 2 aromatic carbocycles. The van der Waals surface area contributed by atoms with Crippen molar-refractivity contribution in [2.75, 3.05) is 13.2 Å². The number of nitrogens with one attached hydrogen (secondary N) is 1. The first-order valence-electron chi connectivity index (χ1n) is 8.53. The van der Waals surface area contributed by atoms with E-state index in [4.69, 9.17) is 27.9 Å². The van der Waals surface area contributed by atoms with Gasteiger partial charge in [-0.25, -0.2) is 0 Å². The van der Waals surface area contributed by atoms with Gasteiger partial charge < -0.3 is 10.1 Å². The van der Waals surface area contributed by atoms with Crippen LogP contribution in [0.2, 0.25) is 10.0 Å². The molecule has 2 aromatic rings. The molecule has 1 N–H and O–H groups in total. The number of ether oxygens (including phenoxy) is 1. The minimum Gasteiger partial charge on any atom is -0.494 e. The van der Waals surface area contributed by atoms with E-state index in [0.29, 0.717) is 23.2 Å². The molecule has 5 heteroatoms. The van der Waals surface area contributed by atoms with Crippen LogP contribution in [0.3, 0.4) is 0 Å². The van der Waals surface area contributed by atoms with Crippen molar-refractivity contribution >= 4 is 29.1 Å². The monoisotopic (exact) mass is 377 g/mol. The lowest BCUT2D eigenvalue weighted by Crippen LogP contribution is -2.35. The second-order valence-corrected chi connectivity index (χ2v) is 7.23. The quantitative estimate of drug-likeness (QED) is 0.657. The van der Waals surface area contributed by atoms with Crippen LogP contribution in [0, 0.1) is 0 Å². The second-order valence-electron chi connectivity index (χ2n) is 6.35. The number of carbonyl (C=O) groups excluding carboxylic acids is 1. The Bertz CT molecular complexity index is 709. The van der Waals surface area contributed by atoms with Gasteiger partial charge in [0.05, 0.1) is 12.0 Å². The molecule has 0 aliphatic heterocycles. The van der Waals surface area contributed by atoms with Crippen LogP contribution >= 0.6 is 23.2 Å². The highest BCUT2D eigenvalue weighted by molar-refractivity contribution is 6.30. The molecule has 1 fully saturated rings. The SMILES string of the molecule is O=C(NCCCCOc1ccc(Cl)cc1)C1(c2ccc(Cl)cc2)CC1. The highest BCUT2D eigenvalue weighted by Crippen LogP contribution is 2.48. The summed E-state index contributed by atoms with van der Waals surface area (Å²) in [5.41, 5.74) is 0.713. The summed E-state index contributed by atoms with van der Waals surface area (Å²) in [5.74, 6) is 0.932. The predicted octanol–water partition coefficient (Wildman–Crippen LogP) is 5.00. The first kappa shape index (κ1) is 18.1. The molecule has 0 saturated heterocycles. The van der Waals surface area contributed by atoms with Gasteiger partial charge in [-0.1, -0.05) is 35.3 Å². The Morgan fingerprint density at radius 3 is 2.16 bits per heavy atom. The molecule has 0 unspecified atom stereocenters. The Balaban J connectivity index is 1.37. The summed E-state index contributed by atoms with van der Waals surface area (Å²) in [6, 6.07) is 14.9. The summed E-state index contributed by atoms with van der Waals surface area (Å²) in [4.78, 5) is 12.5. The number of unbranched alkanes of at least 4 members (excludes halogenated alkanes) is 1. The standard InChI is InChI=1S/C20H21Cl2NO2/c21-16-5-3-15(4-6-16)20(11-12-20)19(24)23-13-1-2-14-25-18-9-7-17(22)8-10-18/h3-10H,1-2,11-14H2,(H,23,24). The number of benzene rings is 2. The summed E-state index contributed by atoms with van der Waals surface area (Å²) in [6.45, 7) is 1.29. The molecule has 25 heavy (non-hydrogen) atoms. The molecule has 1 aliphatic carbocycles. The Morgan fingerprint density at radius 2 is 1.56 bits per heavy atom. The van der Waals surface area contributed by atoms with E-state index in [1.807, 2.05) is 48.5 Å². The topological polar surface area (TPSA) is 38.3 Å². The van der Waals surface area contributed by atoms with Crippen LogP contribution < -0.4 is 10.1 Å². The summed E-state index contributed by atoms with van der Waals surface area (Å²) in [5, 5.41) is 4.45. The zero-order chi connectivity index (χ0) is 17.7. The van der Waals surface area contributed by atoms with Crippen molar-refractivity contribution in [1.82, 2.24) is 5.32 Å². The number of hydrogen-bond acceptors (Lipinski definition) is 2. The third kappa shape index (κ3) is 4.68. The van der Waals surface area contributed by atoms with E-state index in [-0.39, 0.29) is 11.3 Å². The highest BCUT2D eigenvalue weighted by atomic mass is 35.5. The van der Waals surface area contributed by atoms with Crippen molar-refractivity contribution in [3.05, 3.63) is 64.1 Å². The maximum Gasteiger partial charge on any atom is 0.230 e. The molecule has 0 bridgehead atoms. The van der Waals surface area contributed by atoms with Crippen molar-refractivity contribution in [3.8, 4) is 5.75 Å². The zero-order valence-corrected chi connectivity index (χ0v) is 15.4. The Morgan fingerprint density at radius 1 is 0.960 bits per heavy atom. The normalized spacial score (nSPS) is 14.8. The largest absolute Gasteiger partial charge is 0.494 e. The maximum atomic E-state index is 12.5. The zero-order valence-electron chi connectivity index (χ0n) is 13.9. The lowest BCUT2D eigenvalue weighted by molar-refractivity contribution is -0.123. The minimum absolute atomic E-state index is 0.119. The van der Waals surface area contributed by atoms with E-state index in [1.165, 1.54) is 0 Å². The van der Waals surface area contributed by atoms with Crippen LogP contribution in [-0.2, 0) is 10.2 Å². The molecule has 3 nitrogen and oxygen atoms in total. The third-order valence-electron chi connectivity index (χ3n) is 4.52. The van der Waals surface area contributed by atoms with Crippen molar-refractivity contribution in [1.29, 1.82) is 0 Å². The smallest absolute Gasteiger partial charge is 0.230 e. The van der Waals surface area contributed by atoms with Gasteiger partial charge in [-0.3, -0.25) is 4.79 Å². The van der Waals surface area contributed by atoms with Crippen LogP contribution in [0.1, 0.15) is 31.2 Å². The van der Waals surface area contributed by atoms with Crippen molar-refractivity contribution in [3.63, 3.8) is 0 Å². The summed E-state index contributed by atoms with van der Waals surface area (Å²) in [7, 11) is 0. The van der Waals surface area contributed by atoms with E-state index in [9.17, 15) is 4.79 Å². The molecule has 132 valence electrons. The number of halogens is 2. The molecule has 1 aliphatic rings. The van der Waals surface area contributed by atoms with Gasteiger partial charge in [-0.15, -0.1) is 0 Å². The second kappa shape index (κ2) is 8.11. The molecular weight excluding hydrogens is 357 g/mol. The van der Waals surface area contributed by atoms with Gasteiger partial charge in [-0.2, -0.15) is 0 Å². The minimum atomic E-state index is -0.343. The van der Waals surface area contributed by atoms with E-state index in [0.717, 1.165) is 37.0 Å². The first-order chi connectivity index (χ1) is 12.1. The van der Waals surface area contributed by atoms with Crippen molar-refractivity contribution < 1.29 is 9.53 Å². The Labute approximate surface area is 158 Å². The predicted molar refractivity (Wildman–Crippen MR) is 102 cm³/mol. The van der Waals surface area contributed by atoms with Crippen molar-refractivity contribution in [2.45, 2.75) is 31.1 Å². The average molecular weight is 378 g/mol. The number of amides is 1. The maximum absolute atomic E-state index is 12.5. The van der Waals surface area contributed by atoms with Crippen LogP contribution in [0.4, 0.5) is 0 Å². The molecule has 0 radical (unpaired) electrons. The van der Waals surface area contributed by atoms with Gasteiger partial charge >= 0.3 is 0 Å². The van der Waals surface area contributed by atoms with Gasteiger partial charge in [0.2, 0.25) is 5.91 Å². The molecular formula is C20H21Cl2NO2. The lowest BCUT2D eigenvalue weighted by Gasteiger charge is -2.16. The van der Waals surface area contributed by atoms with E-state index >= 15 is 0 Å².